The zero-order valence-corrected chi connectivity index (χ0v) is 11.6. The van der Waals surface area contributed by atoms with E-state index in [-0.39, 0.29) is 5.91 Å². The first kappa shape index (κ1) is 14.5. The Bertz CT molecular complexity index is 652. The number of rotatable bonds is 5. The molecule has 0 atom stereocenters. The number of hydrogen-bond acceptors (Lipinski definition) is 4. The van der Waals surface area contributed by atoms with Gasteiger partial charge in [0.1, 0.15) is 11.4 Å². The van der Waals surface area contributed by atoms with Gasteiger partial charge in [-0.3, -0.25) is 9.78 Å². The molecular formula is C16H15N3O2. The molecule has 5 heteroatoms. The number of aromatic nitrogens is 1. The van der Waals surface area contributed by atoms with Gasteiger partial charge in [-0.2, -0.15) is 5.10 Å². The summed E-state index contributed by atoms with van der Waals surface area (Å²) in [5.74, 6) is 0.428. The van der Waals surface area contributed by atoms with Crippen LogP contribution in [0.1, 0.15) is 16.1 Å². The summed E-state index contributed by atoms with van der Waals surface area (Å²) in [5.41, 5.74) is 3.65. The predicted octanol–water partition coefficient (Wildman–Crippen LogP) is 2.52. The minimum absolute atomic E-state index is 0.323. The van der Waals surface area contributed by atoms with E-state index in [1.165, 1.54) is 6.21 Å². The summed E-state index contributed by atoms with van der Waals surface area (Å²) >= 11 is 0. The number of hydrogen-bond donors (Lipinski definition) is 1. The highest BCUT2D eigenvalue weighted by molar-refractivity contribution is 5.92. The van der Waals surface area contributed by atoms with Crippen LogP contribution >= 0.6 is 0 Å². The van der Waals surface area contributed by atoms with E-state index in [9.17, 15) is 4.79 Å². The third kappa shape index (κ3) is 4.28. The number of hydrazone groups is 1. The Morgan fingerprint density at radius 3 is 2.81 bits per heavy atom. The lowest BCUT2D eigenvalue weighted by atomic mass is 10.2. The van der Waals surface area contributed by atoms with Crippen LogP contribution in [-0.4, -0.2) is 24.2 Å². The van der Waals surface area contributed by atoms with E-state index >= 15 is 0 Å². The average Bonchev–Trinajstić information content (AvgIpc) is 2.55. The second-order valence-corrected chi connectivity index (χ2v) is 4.04. The Balaban J connectivity index is 1.91. The SMILES string of the molecule is COc1ccccc1/C=C/C=N/NC(=O)c1ccccn1. The quantitative estimate of drug-likeness (QED) is 0.676. The third-order valence-corrected chi connectivity index (χ3v) is 2.64. The second kappa shape index (κ2) is 7.59. The Labute approximate surface area is 123 Å². The van der Waals surface area contributed by atoms with Gasteiger partial charge in [0.15, 0.2) is 0 Å². The molecule has 0 aliphatic rings. The number of carbonyl (C=O) groups is 1. The van der Waals surface area contributed by atoms with Gasteiger partial charge in [0.25, 0.3) is 5.91 Å². The number of nitrogens with zero attached hydrogens (tertiary/aromatic N) is 2. The molecule has 21 heavy (non-hydrogen) atoms. The van der Waals surface area contributed by atoms with Crippen molar-refractivity contribution in [2.24, 2.45) is 5.10 Å². The standard InChI is InChI=1S/C16H15N3O2/c1-21-15-10-3-2-7-13(15)8-6-12-18-19-16(20)14-9-4-5-11-17-14/h2-12H,1H3,(H,19,20)/b8-6+,18-12+. The van der Waals surface area contributed by atoms with E-state index in [2.05, 4.69) is 15.5 Å². The summed E-state index contributed by atoms with van der Waals surface area (Å²) in [4.78, 5) is 15.6. The Morgan fingerprint density at radius 1 is 1.24 bits per heavy atom. The maximum atomic E-state index is 11.6. The molecule has 5 nitrogen and oxygen atoms in total. The number of carbonyl (C=O) groups excluding carboxylic acids is 1. The number of amides is 1. The van der Waals surface area contributed by atoms with Gasteiger partial charge in [-0.1, -0.05) is 24.3 Å². The lowest BCUT2D eigenvalue weighted by Gasteiger charge is -2.02. The maximum Gasteiger partial charge on any atom is 0.289 e. The van der Waals surface area contributed by atoms with Gasteiger partial charge in [-0.05, 0) is 30.4 Å². The molecule has 1 N–H and O–H groups in total. The molecule has 0 radical (unpaired) electrons. The normalized spacial score (nSPS) is 10.9. The van der Waals surface area contributed by atoms with Gasteiger partial charge in [0.05, 0.1) is 7.11 Å². The highest BCUT2D eigenvalue weighted by atomic mass is 16.5. The van der Waals surface area contributed by atoms with Crippen LogP contribution < -0.4 is 10.2 Å². The summed E-state index contributed by atoms with van der Waals surface area (Å²) in [6, 6.07) is 12.7. The number of benzene rings is 1. The summed E-state index contributed by atoms with van der Waals surface area (Å²) in [7, 11) is 1.62. The van der Waals surface area contributed by atoms with Crippen molar-refractivity contribution in [3.63, 3.8) is 0 Å². The molecule has 0 unspecified atom stereocenters. The van der Waals surface area contributed by atoms with Gasteiger partial charge in [0, 0.05) is 18.0 Å². The molecule has 1 aromatic carbocycles. The molecule has 1 amide bonds. The number of ether oxygens (including phenoxy) is 1. The molecule has 0 saturated heterocycles. The zero-order chi connectivity index (χ0) is 14.9. The van der Waals surface area contributed by atoms with E-state index < -0.39 is 0 Å². The Kier molecular flexibility index (Phi) is 5.23. The molecule has 0 aliphatic carbocycles. The first-order valence-electron chi connectivity index (χ1n) is 6.35. The highest BCUT2D eigenvalue weighted by Crippen LogP contribution is 2.18. The molecule has 0 aliphatic heterocycles. The lowest BCUT2D eigenvalue weighted by molar-refractivity contribution is 0.0950. The van der Waals surface area contributed by atoms with Crippen LogP contribution in [-0.2, 0) is 0 Å². The van der Waals surface area contributed by atoms with E-state index in [0.29, 0.717) is 5.69 Å². The minimum Gasteiger partial charge on any atom is -0.496 e. The second-order valence-electron chi connectivity index (χ2n) is 4.04. The number of allylic oxidation sites excluding steroid dienone is 1. The van der Waals surface area contributed by atoms with E-state index in [0.717, 1.165) is 11.3 Å². The van der Waals surface area contributed by atoms with Crippen LogP contribution in [0.5, 0.6) is 5.75 Å². The monoisotopic (exact) mass is 281 g/mol. The number of para-hydroxylation sites is 1. The van der Waals surface area contributed by atoms with Gasteiger partial charge >= 0.3 is 0 Å². The maximum absolute atomic E-state index is 11.6. The van der Waals surface area contributed by atoms with Crippen molar-refractivity contribution in [2.45, 2.75) is 0 Å². The molecular weight excluding hydrogens is 266 g/mol. The third-order valence-electron chi connectivity index (χ3n) is 2.64. The van der Waals surface area contributed by atoms with Crippen molar-refractivity contribution >= 4 is 18.2 Å². The van der Waals surface area contributed by atoms with E-state index in [1.54, 1.807) is 37.6 Å². The van der Waals surface area contributed by atoms with Crippen LogP contribution in [0.3, 0.4) is 0 Å². The van der Waals surface area contributed by atoms with Crippen LogP contribution in [0.4, 0.5) is 0 Å². The summed E-state index contributed by atoms with van der Waals surface area (Å²) in [6.07, 6.45) is 6.61. The molecule has 1 aromatic heterocycles. The molecule has 0 fully saturated rings. The fourth-order valence-corrected chi connectivity index (χ4v) is 1.64. The lowest BCUT2D eigenvalue weighted by Crippen LogP contribution is -2.18. The van der Waals surface area contributed by atoms with Crippen LogP contribution in [0, 0.1) is 0 Å². The first-order chi connectivity index (χ1) is 10.3. The number of nitrogens with one attached hydrogen (secondary N) is 1. The Morgan fingerprint density at radius 2 is 2.05 bits per heavy atom. The molecule has 2 rings (SSSR count). The van der Waals surface area contributed by atoms with Crippen molar-refractivity contribution in [2.75, 3.05) is 7.11 Å². The van der Waals surface area contributed by atoms with Gasteiger partial charge in [-0.15, -0.1) is 0 Å². The van der Waals surface area contributed by atoms with Crippen LogP contribution in [0.2, 0.25) is 0 Å². The molecule has 106 valence electrons. The van der Waals surface area contributed by atoms with Crippen molar-refractivity contribution in [1.82, 2.24) is 10.4 Å². The predicted molar refractivity (Wildman–Crippen MR) is 82.2 cm³/mol. The molecule has 0 saturated carbocycles. The average molecular weight is 281 g/mol. The highest BCUT2D eigenvalue weighted by Gasteiger charge is 2.02. The number of pyridine rings is 1. The molecule has 1 heterocycles. The van der Waals surface area contributed by atoms with Gasteiger partial charge < -0.3 is 4.74 Å². The molecule has 0 bridgehead atoms. The van der Waals surface area contributed by atoms with E-state index in [4.69, 9.17) is 4.74 Å². The van der Waals surface area contributed by atoms with Crippen LogP contribution in [0.15, 0.2) is 59.8 Å². The Hall–Kier alpha value is -2.95. The van der Waals surface area contributed by atoms with Crippen molar-refractivity contribution in [1.29, 1.82) is 0 Å². The first-order valence-corrected chi connectivity index (χ1v) is 6.35. The zero-order valence-electron chi connectivity index (χ0n) is 11.6. The smallest absolute Gasteiger partial charge is 0.289 e. The van der Waals surface area contributed by atoms with Gasteiger partial charge in [-0.25, -0.2) is 5.43 Å². The summed E-state index contributed by atoms with van der Waals surface area (Å²) < 4.78 is 5.22. The summed E-state index contributed by atoms with van der Waals surface area (Å²) in [6.45, 7) is 0. The van der Waals surface area contributed by atoms with Crippen LogP contribution in [0.25, 0.3) is 6.08 Å². The minimum atomic E-state index is -0.349. The fourth-order valence-electron chi connectivity index (χ4n) is 1.64. The molecule has 0 spiro atoms. The fraction of sp³-hybridized carbons (Fsp3) is 0.0625. The van der Waals surface area contributed by atoms with Crippen molar-refractivity contribution in [3.8, 4) is 5.75 Å². The largest absolute Gasteiger partial charge is 0.496 e. The van der Waals surface area contributed by atoms with E-state index in [1.807, 2.05) is 30.3 Å². The van der Waals surface area contributed by atoms with Gasteiger partial charge in [0.2, 0.25) is 0 Å². The van der Waals surface area contributed by atoms with Crippen molar-refractivity contribution < 1.29 is 9.53 Å². The summed E-state index contributed by atoms with van der Waals surface area (Å²) in [5, 5.41) is 3.83. The molecule has 2 aromatic rings. The van der Waals surface area contributed by atoms with Crippen molar-refractivity contribution in [3.05, 3.63) is 66.0 Å². The number of methoxy groups -OCH3 is 1. The topological polar surface area (TPSA) is 63.6 Å².